The Kier molecular flexibility index (Phi) is 9.93. The molecule has 0 radical (unpaired) electrons. The third-order valence-electron chi connectivity index (χ3n) is 4.69. The maximum atomic E-state index is 12.1. The number of ether oxygens (including phenoxy) is 2. The van der Waals surface area contributed by atoms with Gasteiger partial charge in [-0.1, -0.05) is 0 Å². The molecule has 3 heterocycles. The van der Waals surface area contributed by atoms with E-state index in [1.807, 2.05) is 0 Å². The summed E-state index contributed by atoms with van der Waals surface area (Å²) < 4.78 is 11.7. The number of morpholine rings is 1. The molecule has 3 rings (SSSR count). The summed E-state index contributed by atoms with van der Waals surface area (Å²) in [5.74, 6) is 0.729. The highest BCUT2D eigenvalue weighted by atomic mass is 127. The zero-order chi connectivity index (χ0) is 18.9. The Balaban J connectivity index is 0.00000280. The molecule has 2 atom stereocenters. The number of halogens is 1. The van der Waals surface area contributed by atoms with Crippen molar-refractivity contribution in [2.45, 2.75) is 32.0 Å². The second kappa shape index (κ2) is 12.2. The first-order valence-electron chi connectivity index (χ1n) is 9.72. The Hall–Kier alpha value is -1.46. The Morgan fingerprint density at radius 1 is 1.32 bits per heavy atom. The fraction of sp³-hybridized carbons (Fsp3) is 0.632. The number of amides is 1. The predicted molar refractivity (Wildman–Crippen MR) is 118 cm³/mol. The van der Waals surface area contributed by atoms with Gasteiger partial charge >= 0.3 is 0 Å². The first-order valence-corrected chi connectivity index (χ1v) is 9.72. The van der Waals surface area contributed by atoms with E-state index in [0.717, 1.165) is 45.0 Å². The van der Waals surface area contributed by atoms with E-state index in [1.165, 1.54) is 0 Å². The van der Waals surface area contributed by atoms with Crippen LogP contribution >= 0.6 is 24.0 Å². The number of nitrogens with one attached hydrogen (secondary N) is 2. The highest BCUT2D eigenvalue weighted by Crippen LogP contribution is 2.21. The highest BCUT2D eigenvalue weighted by Gasteiger charge is 2.32. The molecule has 2 aliphatic rings. The molecule has 2 aliphatic heterocycles. The zero-order valence-electron chi connectivity index (χ0n) is 16.3. The summed E-state index contributed by atoms with van der Waals surface area (Å²) in [4.78, 5) is 22.9. The van der Waals surface area contributed by atoms with Crippen LogP contribution in [0.3, 0.4) is 0 Å². The molecule has 9 heteroatoms. The number of carbonyl (C=O) groups is 1. The van der Waals surface area contributed by atoms with Gasteiger partial charge in [0.05, 0.1) is 24.8 Å². The fourth-order valence-corrected chi connectivity index (χ4v) is 3.34. The minimum absolute atomic E-state index is 0. The number of hydrogen-bond acceptors (Lipinski definition) is 5. The van der Waals surface area contributed by atoms with Gasteiger partial charge in [-0.25, -0.2) is 0 Å². The van der Waals surface area contributed by atoms with Crippen LogP contribution in [0.5, 0.6) is 0 Å². The van der Waals surface area contributed by atoms with Crippen molar-refractivity contribution < 1.29 is 14.3 Å². The number of carbonyl (C=O) groups excluding carboxylic acids is 1. The monoisotopic (exact) mass is 503 g/mol. The molecule has 0 aromatic carbocycles. The van der Waals surface area contributed by atoms with Gasteiger partial charge in [0.15, 0.2) is 5.96 Å². The number of pyridine rings is 1. The van der Waals surface area contributed by atoms with Crippen LogP contribution in [-0.4, -0.2) is 79.9 Å². The van der Waals surface area contributed by atoms with Crippen LogP contribution < -0.4 is 10.6 Å². The van der Waals surface area contributed by atoms with Gasteiger partial charge in [0.1, 0.15) is 6.10 Å². The van der Waals surface area contributed by atoms with Crippen LogP contribution in [0, 0.1) is 0 Å². The van der Waals surface area contributed by atoms with Crippen molar-refractivity contribution in [1.82, 2.24) is 20.5 Å². The van der Waals surface area contributed by atoms with E-state index in [0.29, 0.717) is 25.3 Å². The molecule has 156 valence electrons. The quantitative estimate of drug-likeness (QED) is 0.263. The molecule has 2 saturated heterocycles. The molecule has 0 saturated carbocycles. The lowest BCUT2D eigenvalue weighted by atomic mass is 10.1. The van der Waals surface area contributed by atoms with Crippen molar-refractivity contribution in [2.24, 2.45) is 4.99 Å². The largest absolute Gasteiger partial charge is 0.375 e. The van der Waals surface area contributed by atoms with Gasteiger partial charge in [-0.15, -0.1) is 24.0 Å². The van der Waals surface area contributed by atoms with E-state index in [4.69, 9.17) is 9.47 Å². The predicted octanol–water partition coefficient (Wildman–Crippen LogP) is 1.27. The van der Waals surface area contributed by atoms with E-state index < -0.39 is 0 Å². The molecule has 1 aromatic heterocycles. The van der Waals surface area contributed by atoms with E-state index in [1.54, 1.807) is 24.5 Å². The summed E-state index contributed by atoms with van der Waals surface area (Å²) in [5.41, 5.74) is 0.556. The topological polar surface area (TPSA) is 88.1 Å². The van der Waals surface area contributed by atoms with Crippen molar-refractivity contribution >= 4 is 35.8 Å². The molecule has 0 spiro atoms. The number of aliphatic imine (C=N–C) groups is 1. The second-order valence-corrected chi connectivity index (χ2v) is 6.64. The van der Waals surface area contributed by atoms with Crippen molar-refractivity contribution in [3.63, 3.8) is 0 Å². The SMILES string of the molecule is CCNC(=NCCNC(=O)c1cccnc1)N1CCOC(C2CCCO2)C1.I. The first kappa shape index (κ1) is 22.8. The summed E-state index contributed by atoms with van der Waals surface area (Å²) in [5, 5.41) is 6.22. The third kappa shape index (κ3) is 6.56. The molecular weight excluding hydrogens is 473 g/mol. The average molecular weight is 503 g/mol. The molecule has 28 heavy (non-hydrogen) atoms. The van der Waals surface area contributed by atoms with E-state index >= 15 is 0 Å². The summed E-state index contributed by atoms with van der Waals surface area (Å²) in [6.45, 7) is 6.91. The molecular formula is C19H30IN5O3. The Morgan fingerprint density at radius 3 is 2.89 bits per heavy atom. The molecule has 2 N–H and O–H groups in total. The van der Waals surface area contributed by atoms with Crippen LogP contribution in [0.2, 0.25) is 0 Å². The first-order chi connectivity index (χ1) is 13.3. The zero-order valence-corrected chi connectivity index (χ0v) is 18.6. The van der Waals surface area contributed by atoms with Gasteiger partial charge in [-0.3, -0.25) is 14.8 Å². The lowest BCUT2D eigenvalue weighted by molar-refractivity contribution is -0.0817. The van der Waals surface area contributed by atoms with Crippen molar-refractivity contribution in [3.8, 4) is 0 Å². The summed E-state index contributed by atoms with van der Waals surface area (Å²) in [6.07, 6.45) is 5.66. The number of nitrogens with zero attached hydrogens (tertiary/aromatic N) is 3. The highest BCUT2D eigenvalue weighted by molar-refractivity contribution is 14.0. The maximum absolute atomic E-state index is 12.1. The Morgan fingerprint density at radius 2 is 2.18 bits per heavy atom. The van der Waals surface area contributed by atoms with Gasteiger partial charge in [-0.05, 0) is 31.9 Å². The van der Waals surface area contributed by atoms with Gasteiger partial charge in [-0.2, -0.15) is 0 Å². The minimum atomic E-state index is -0.131. The molecule has 0 aliphatic carbocycles. The molecule has 2 unspecified atom stereocenters. The lowest BCUT2D eigenvalue weighted by Crippen LogP contribution is -2.53. The standard InChI is InChI=1S/C19H29N5O3.HI/c1-2-21-19(23-9-8-22-18(25)15-5-3-7-20-13-15)24-10-12-27-17(14-24)16-6-4-11-26-16;/h3,5,7,13,16-17H,2,4,6,8-12,14H2,1H3,(H,21,23)(H,22,25);1H. The van der Waals surface area contributed by atoms with Gasteiger partial charge < -0.3 is 25.0 Å². The summed E-state index contributed by atoms with van der Waals surface area (Å²) in [6, 6.07) is 3.49. The van der Waals surface area contributed by atoms with E-state index in [9.17, 15) is 4.79 Å². The minimum Gasteiger partial charge on any atom is -0.375 e. The Labute approximate surface area is 183 Å². The fourth-order valence-electron chi connectivity index (χ4n) is 3.34. The van der Waals surface area contributed by atoms with Gasteiger partial charge in [0.2, 0.25) is 0 Å². The van der Waals surface area contributed by atoms with Crippen LogP contribution in [0.1, 0.15) is 30.1 Å². The van der Waals surface area contributed by atoms with E-state index in [-0.39, 0.29) is 42.1 Å². The van der Waals surface area contributed by atoms with Crippen LogP contribution in [0.4, 0.5) is 0 Å². The Bertz CT molecular complexity index is 625. The number of aromatic nitrogens is 1. The second-order valence-electron chi connectivity index (χ2n) is 6.64. The van der Waals surface area contributed by atoms with Crippen LogP contribution in [-0.2, 0) is 9.47 Å². The van der Waals surface area contributed by atoms with Crippen molar-refractivity contribution in [1.29, 1.82) is 0 Å². The molecule has 1 amide bonds. The molecule has 0 bridgehead atoms. The normalized spacial score (nSPS) is 22.5. The van der Waals surface area contributed by atoms with Gasteiger partial charge in [0.25, 0.3) is 5.91 Å². The van der Waals surface area contributed by atoms with Crippen molar-refractivity contribution in [2.75, 3.05) is 45.9 Å². The average Bonchev–Trinajstić information content (AvgIpc) is 3.26. The summed E-state index contributed by atoms with van der Waals surface area (Å²) in [7, 11) is 0. The third-order valence-corrected chi connectivity index (χ3v) is 4.69. The van der Waals surface area contributed by atoms with Crippen LogP contribution in [0.25, 0.3) is 0 Å². The van der Waals surface area contributed by atoms with Crippen molar-refractivity contribution in [3.05, 3.63) is 30.1 Å². The molecule has 2 fully saturated rings. The molecule has 1 aromatic rings. The number of hydrogen-bond donors (Lipinski definition) is 2. The maximum Gasteiger partial charge on any atom is 0.252 e. The van der Waals surface area contributed by atoms with Gasteiger partial charge in [0, 0.05) is 45.2 Å². The smallest absolute Gasteiger partial charge is 0.252 e. The number of rotatable bonds is 6. The molecule has 8 nitrogen and oxygen atoms in total. The lowest BCUT2D eigenvalue weighted by Gasteiger charge is -2.37. The van der Waals surface area contributed by atoms with Crippen LogP contribution in [0.15, 0.2) is 29.5 Å². The van der Waals surface area contributed by atoms with E-state index in [2.05, 4.69) is 32.4 Å². The summed E-state index contributed by atoms with van der Waals surface area (Å²) >= 11 is 0. The number of guanidine groups is 1.